The first kappa shape index (κ1) is 10.6. The Hall–Kier alpha value is -0.870. The van der Waals surface area contributed by atoms with Crippen LogP contribution in [0.5, 0.6) is 0 Å². The minimum Gasteiger partial charge on any atom is -0.383 e. The zero-order valence-corrected chi connectivity index (χ0v) is 10.7. The molecule has 0 aliphatic carbocycles. The highest BCUT2D eigenvalue weighted by atomic mass is 79.9. The van der Waals surface area contributed by atoms with Crippen LogP contribution in [0.1, 0.15) is 15.4 Å². The second-order valence-electron chi connectivity index (χ2n) is 3.36. The van der Waals surface area contributed by atoms with E-state index in [1.54, 1.807) is 11.3 Å². The summed E-state index contributed by atoms with van der Waals surface area (Å²) in [5.74, 6) is 0.657. The maximum atomic E-state index is 5.71. The molecule has 1 aromatic heterocycles. The van der Waals surface area contributed by atoms with Gasteiger partial charge >= 0.3 is 0 Å². The lowest BCUT2D eigenvalue weighted by atomic mass is 10.2. The van der Waals surface area contributed by atoms with E-state index < -0.39 is 0 Å². The third kappa shape index (κ3) is 2.58. The zero-order chi connectivity index (χ0) is 10.8. The SMILES string of the molecule is Cc1sc(Cc2cccc(Br)c2)nc1N. The number of benzene rings is 1. The third-order valence-corrected chi connectivity index (χ3v) is 3.60. The standard InChI is InChI=1S/C11H11BrN2S/c1-7-11(13)14-10(15-7)6-8-3-2-4-9(12)5-8/h2-5H,6,13H2,1H3. The van der Waals surface area contributed by atoms with Crippen LogP contribution >= 0.6 is 27.3 Å². The average molecular weight is 283 g/mol. The van der Waals surface area contributed by atoms with Crippen LogP contribution in [0.2, 0.25) is 0 Å². The van der Waals surface area contributed by atoms with Crippen molar-refractivity contribution in [3.63, 3.8) is 0 Å². The molecule has 0 unspecified atom stereocenters. The van der Waals surface area contributed by atoms with E-state index in [-0.39, 0.29) is 0 Å². The van der Waals surface area contributed by atoms with Gasteiger partial charge in [-0.3, -0.25) is 0 Å². The Labute approximate surface area is 101 Å². The number of thiazole rings is 1. The molecule has 0 fully saturated rings. The maximum absolute atomic E-state index is 5.71. The fraction of sp³-hybridized carbons (Fsp3) is 0.182. The lowest BCUT2D eigenvalue weighted by Gasteiger charge is -1.98. The highest BCUT2D eigenvalue weighted by Gasteiger charge is 2.05. The molecule has 4 heteroatoms. The summed E-state index contributed by atoms with van der Waals surface area (Å²) in [6, 6.07) is 8.25. The van der Waals surface area contributed by atoms with E-state index in [1.165, 1.54) is 5.56 Å². The number of hydrogen-bond acceptors (Lipinski definition) is 3. The number of halogens is 1. The van der Waals surface area contributed by atoms with Crippen molar-refractivity contribution >= 4 is 33.1 Å². The molecule has 15 heavy (non-hydrogen) atoms. The first-order valence-electron chi connectivity index (χ1n) is 4.61. The molecule has 0 aliphatic rings. The Balaban J connectivity index is 2.22. The molecule has 2 rings (SSSR count). The molecule has 0 atom stereocenters. The van der Waals surface area contributed by atoms with Gasteiger partial charge in [-0.1, -0.05) is 28.1 Å². The van der Waals surface area contributed by atoms with Crippen molar-refractivity contribution in [2.75, 3.05) is 5.73 Å². The van der Waals surface area contributed by atoms with E-state index >= 15 is 0 Å². The molecular formula is C11H11BrN2S. The van der Waals surface area contributed by atoms with Crippen LogP contribution < -0.4 is 5.73 Å². The number of nitrogens with two attached hydrogens (primary N) is 1. The van der Waals surface area contributed by atoms with E-state index in [4.69, 9.17) is 5.73 Å². The summed E-state index contributed by atoms with van der Waals surface area (Å²) in [6.45, 7) is 2.00. The van der Waals surface area contributed by atoms with Gasteiger partial charge in [0.1, 0.15) is 5.82 Å². The van der Waals surface area contributed by atoms with Gasteiger partial charge < -0.3 is 5.73 Å². The molecule has 0 bridgehead atoms. The van der Waals surface area contributed by atoms with Crippen molar-refractivity contribution in [3.05, 3.63) is 44.2 Å². The average Bonchev–Trinajstić information content (AvgIpc) is 2.45. The monoisotopic (exact) mass is 282 g/mol. The number of hydrogen-bond donors (Lipinski definition) is 1. The number of rotatable bonds is 2. The first-order chi connectivity index (χ1) is 7.15. The lowest BCUT2D eigenvalue weighted by Crippen LogP contribution is -1.89. The molecule has 2 N–H and O–H groups in total. The van der Waals surface area contributed by atoms with Gasteiger partial charge in [-0.15, -0.1) is 11.3 Å². The van der Waals surface area contributed by atoms with E-state index in [0.717, 1.165) is 20.8 Å². The van der Waals surface area contributed by atoms with E-state index in [9.17, 15) is 0 Å². The summed E-state index contributed by atoms with van der Waals surface area (Å²) in [5, 5.41) is 1.07. The summed E-state index contributed by atoms with van der Waals surface area (Å²) < 4.78 is 1.10. The van der Waals surface area contributed by atoms with Crippen LogP contribution in [-0.2, 0) is 6.42 Å². The molecule has 0 aliphatic heterocycles. The molecule has 78 valence electrons. The number of nitrogens with zero attached hydrogens (tertiary/aromatic N) is 1. The van der Waals surface area contributed by atoms with Gasteiger partial charge in [0.2, 0.25) is 0 Å². The molecule has 1 aromatic carbocycles. The van der Waals surface area contributed by atoms with Crippen LogP contribution in [-0.4, -0.2) is 4.98 Å². The molecular weight excluding hydrogens is 272 g/mol. The molecule has 0 amide bonds. The Morgan fingerprint density at radius 1 is 1.47 bits per heavy atom. The van der Waals surface area contributed by atoms with Gasteiger partial charge in [-0.05, 0) is 24.6 Å². The van der Waals surface area contributed by atoms with Crippen LogP contribution in [0.15, 0.2) is 28.7 Å². The van der Waals surface area contributed by atoms with Crippen molar-refractivity contribution in [1.82, 2.24) is 4.98 Å². The lowest BCUT2D eigenvalue weighted by molar-refractivity contribution is 1.14. The maximum Gasteiger partial charge on any atom is 0.137 e. The Morgan fingerprint density at radius 3 is 2.87 bits per heavy atom. The molecule has 0 saturated carbocycles. The fourth-order valence-electron chi connectivity index (χ4n) is 1.36. The van der Waals surface area contributed by atoms with Gasteiger partial charge in [0.05, 0.1) is 5.01 Å². The first-order valence-corrected chi connectivity index (χ1v) is 6.22. The van der Waals surface area contributed by atoms with Gasteiger partial charge in [0, 0.05) is 15.8 Å². The largest absolute Gasteiger partial charge is 0.383 e. The summed E-state index contributed by atoms with van der Waals surface area (Å²) in [6.07, 6.45) is 0.849. The van der Waals surface area contributed by atoms with Crippen LogP contribution in [0, 0.1) is 6.92 Å². The molecule has 0 saturated heterocycles. The van der Waals surface area contributed by atoms with Gasteiger partial charge in [0.15, 0.2) is 0 Å². The molecule has 0 spiro atoms. The van der Waals surface area contributed by atoms with Crippen molar-refractivity contribution in [3.8, 4) is 0 Å². The normalized spacial score (nSPS) is 10.5. The highest BCUT2D eigenvalue weighted by molar-refractivity contribution is 9.10. The second kappa shape index (κ2) is 4.33. The summed E-state index contributed by atoms with van der Waals surface area (Å²) >= 11 is 5.12. The van der Waals surface area contributed by atoms with E-state index in [1.807, 2.05) is 19.1 Å². The van der Waals surface area contributed by atoms with Crippen molar-refractivity contribution in [1.29, 1.82) is 0 Å². The fourth-order valence-corrected chi connectivity index (χ4v) is 2.70. The van der Waals surface area contributed by atoms with Crippen LogP contribution in [0.4, 0.5) is 5.82 Å². The summed E-state index contributed by atoms with van der Waals surface area (Å²) in [7, 11) is 0. The Bertz CT molecular complexity index is 460. The number of aromatic nitrogens is 1. The predicted octanol–water partition coefficient (Wildman–Crippen LogP) is 3.39. The van der Waals surface area contributed by atoms with Gasteiger partial charge in [0.25, 0.3) is 0 Å². The second-order valence-corrected chi connectivity index (χ2v) is 5.56. The topological polar surface area (TPSA) is 38.9 Å². The Kier molecular flexibility index (Phi) is 3.07. The minimum atomic E-state index is 0.657. The number of aryl methyl sites for hydroxylation is 1. The molecule has 2 aromatic rings. The molecule has 0 radical (unpaired) electrons. The van der Waals surface area contributed by atoms with Crippen molar-refractivity contribution in [2.24, 2.45) is 0 Å². The van der Waals surface area contributed by atoms with Crippen LogP contribution in [0.3, 0.4) is 0 Å². The van der Waals surface area contributed by atoms with Gasteiger partial charge in [-0.2, -0.15) is 0 Å². The number of anilines is 1. The summed E-state index contributed by atoms with van der Waals surface area (Å²) in [5.41, 5.74) is 6.96. The van der Waals surface area contributed by atoms with Gasteiger partial charge in [-0.25, -0.2) is 4.98 Å². The van der Waals surface area contributed by atoms with Crippen molar-refractivity contribution in [2.45, 2.75) is 13.3 Å². The Morgan fingerprint density at radius 2 is 2.27 bits per heavy atom. The number of nitrogen functional groups attached to an aromatic ring is 1. The van der Waals surface area contributed by atoms with Crippen LogP contribution in [0.25, 0.3) is 0 Å². The quantitative estimate of drug-likeness (QED) is 0.917. The van der Waals surface area contributed by atoms with E-state index in [0.29, 0.717) is 5.82 Å². The van der Waals surface area contributed by atoms with Crippen molar-refractivity contribution < 1.29 is 0 Å². The third-order valence-electron chi connectivity index (χ3n) is 2.12. The smallest absolute Gasteiger partial charge is 0.137 e. The molecule has 2 nitrogen and oxygen atoms in total. The molecule has 1 heterocycles. The predicted molar refractivity (Wildman–Crippen MR) is 68.2 cm³/mol. The zero-order valence-electron chi connectivity index (χ0n) is 8.33. The minimum absolute atomic E-state index is 0.657. The summed E-state index contributed by atoms with van der Waals surface area (Å²) in [4.78, 5) is 5.41. The highest BCUT2D eigenvalue weighted by Crippen LogP contribution is 2.22. The van der Waals surface area contributed by atoms with E-state index in [2.05, 4.69) is 33.0 Å².